The number of ether oxygens (including phenoxy) is 1. The van der Waals surface area contributed by atoms with Gasteiger partial charge in [-0.2, -0.15) is 0 Å². The third-order valence-corrected chi connectivity index (χ3v) is 6.94. The molecule has 1 unspecified atom stereocenters. The Labute approximate surface area is 150 Å². The maximum absolute atomic E-state index is 12.8. The summed E-state index contributed by atoms with van der Waals surface area (Å²) in [4.78, 5) is 0. The van der Waals surface area contributed by atoms with E-state index in [9.17, 15) is 12.8 Å². The van der Waals surface area contributed by atoms with E-state index in [4.69, 9.17) is 4.74 Å². The molecular weight excluding hydrogens is 365 g/mol. The fraction of sp³-hybridized carbons (Fsp3) is 0.500. The molecule has 1 saturated heterocycles. The van der Waals surface area contributed by atoms with Gasteiger partial charge in [-0.05, 0) is 36.6 Å². The van der Waals surface area contributed by atoms with E-state index in [1.807, 2.05) is 11.6 Å². The van der Waals surface area contributed by atoms with Crippen molar-refractivity contribution in [2.45, 2.75) is 18.0 Å². The second kappa shape index (κ2) is 7.74. The van der Waals surface area contributed by atoms with Crippen molar-refractivity contribution in [3.05, 3.63) is 35.9 Å². The van der Waals surface area contributed by atoms with Crippen molar-refractivity contribution >= 4 is 21.6 Å². The van der Waals surface area contributed by atoms with Gasteiger partial charge < -0.3 is 9.30 Å². The van der Waals surface area contributed by atoms with E-state index in [1.54, 1.807) is 12.1 Å². The van der Waals surface area contributed by atoms with E-state index < -0.39 is 9.84 Å². The maximum Gasteiger partial charge on any atom is 0.191 e. The highest BCUT2D eigenvalue weighted by Gasteiger charge is 2.29. The van der Waals surface area contributed by atoms with Crippen LogP contribution in [-0.4, -0.2) is 47.0 Å². The number of hydrogen-bond acceptors (Lipinski definition) is 6. The lowest BCUT2D eigenvalue weighted by atomic mass is 10.1. The zero-order valence-electron chi connectivity index (χ0n) is 13.9. The molecule has 1 fully saturated rings. The summed E-state index contributed by atoms with van der Waals surface area (Å²) in [5, 5.41) is 9.14. The molecule has 0 amide bonds. The van der Waals surface area contributed by atoms with Crippen molar-refractivity contribution in [2.75, 3.05) is 23.9 Å². The molecule has 6 nitrogen and oxygen atoms in total. The molecule has 1 aromatic heterocycles. The Balaban J connectivity index is 1.47. The number of benzene rings is 1. The highest BCUT2D eigenvalue weighted by Crippen LogP contribution is 2.23. The molecule has 1 aliphatic rings. The molecule has 136 valence electrons. The van der Waals surface area contributed by atoms with Gasteiger partial charge in [-0.3, -0.25) is 0 Å². The SMILES string of the molecule is Cn1c(CC2CCS(=O)(=O)C2)nnc1SCCOc1ccc(F)cc1. The number of halogens is 1. The normalized spacial score (nSPS) is 19.2. The molecule has 0 aliphatic carbocycles. The van der Waals surface area contributed by atoms with Crippen molar-refractivity contribution < 1.29 is 17.5 Å². The third kappa shape index (κ3) is 4.94. The van der Waals surface area contributed by atoms with E-state index in [0.717, 1.165) is 11.0 Å². The van der Waals surface area contributed by atoms with Crippen molar-refractivity contribution in [3.8, 4) is 5.75 Å². The smallest absolute Gasteiger partial charge is 0.191 e. The molecule has 0 radical (unpaired) electrons. The summed E-state index contributed by atoms with van der Waals surface area (Å²) >= 11 is 1.52. The van der Waals surface area contributed by atoms with Crippen molar-refractivity contribution in [1.82, 2.24) is 14.8 Å². The molecular formula is C16H20FN3O3S2. The first kappa shape index (κ1) is 18.2. The summed E-state index contributed by atoms with van der Waals surface area (Å²) in [5.74, 6) is 2.48. The predicted octanol–water partition coefficient (Wildman–Crippen LogP) is 2.10. The third-order valence-electron chi connectivity index (χ3n) is 4.12. The molecule has 25 heavy (non-hydrogen) atoms. The molecule has 1 atom stereocenters. The van der Waals surface area contributed by atoms with Crippen LogP contribution < -0.4 is 4.74 Å². The highest BCUT2D eigenvalue weighted by atomic mass is 32.2. The molecule has 0 spiro atoms. The van der Waals surface area contributed by atoms with Crippen molar-refractivity contribution in [2.24, 2.45) is 13.0 Å². The Morgan fingerprint density at radius 3 is 2.76 bits per heavy atom. The van der Waals surface area contributed by atoms with Crippen LogP contribution in [0.4, 0.5) is 4.39 Å². The van der Waals surface area contributed by atoms with E-state index in [2.05, 4.69) is 10.2 Å². The van der Waals surface area contributed by atoms with Gasteiger partial charge in [-0.25, -0.2) is 12.8 Å². The Morgan fingerprint density at radius 2 is 2.08 bits per heavy atom. The number of rotatable bonds is 7. The number of sulfone groups is 1. The van der Waals surface area contributed by atoms with Gasteiger partial charge in [0.05, 0.1) is 18.1 Å². The topological polar surface area (TPSA) is 74.1 Å². The van der Waals surface area contributed by atoms with Crippen molar-refractivity contribution in [1.29, 1.82) is 0 Å². The van der Waals surface area contributed by atoms with Crippen LogP contribution in [0.15, 0.2) is 29.4 Å². The van der Waals surface area contributed by atoms with Crippen molar-refractivity contribution in [3.63, 3.8) is 0 Å². The van der Waals surface area contributed by atoms with Crippen LogP contribution >= 0.6 is 11.8 Å². The minimum Gasteiger partial charge on any atom is -0.493 e. The lowest BCUT2D eigenvalue weighted by Gasteiger charge is -2.08. The minimum absolute atomic E-state index is 0.132. The molecule has 3 rings (SSSR count). The van der Waals surface area contributed by atoms with Crippen LogP contribution in [-0.2, 0) is 23.3 Å². The quantitative estimate of drug-likeness (QED) is 0.537. The molecule has 2 aromatic rings. The van der Waals surface area contributed by atoms with E-state index >= 15 is 0 Å². The number of hydrogen-bond donors (Lipinski definition) is 0. The molecule has 0 bridgehead atoms. The lowest BCUT2D eigenvalue weighted by Crippen LogP contribution is -2.11. The Hall–Kier alpha value is -1.61. The molecule has 0 saturated carbocycles. The second-order valence-electron chi connectivity index (χ2n) is 6.08. The average molecular weight is 385 g/mol. The zero-order chi connectivity index (χ0) is 17.9. The van der Waals surface area contributed by atoms with Gasteiger partial charge in [0.25, 0.3) is 0 Å². The molecule has 0 N–H and O–H groups in total. The van der Waals surface area contributed by atoms with Gasteiger partial charge in [0.2, 0.25) is 0 Å². The zero-order valence-corrected chi connectivity index (χ0v) is 15.5. The molecule has 9 heteroatoms. The van der Waals surface area contributed by atoms with Gasteiger partial charge in [0.1, 0.15) is 17.4 Å². The van der Waals surface area contributed by atoms with Crippen LogP contribution in [0.5, 0.6) is 5.75 Å². The predicted molar refractivity (Wildman–Crippen MR) is 94.1 cm³/mol. The van der Waals surface area contributed by atoms with E-state index in [0.29, 0.717) is 31.0 Å². The van der Waals surface area contributed by atoms with Crippen LogP contribution in [0.3, 0.4) is 0 Å². The largest absolute Gasteiger partial charge is 0.493 e. The fourth-order valence-corrected chi connectivity index (χ4v) is 5.37. The highest BCUT2D eigenvalue weighted by molar-refractivity contribution is 7.99. The Bertz CT molecular complexity index is 822. The lowest BCUT2D eigenvalue weighted by molar-refractivity contribution is 0.343. The van der Waals surface area contributed by atoms with Gasteiger partial charge in [0.15, 0.2) is 15.0 Å². The summed E-state index contributed by atoms with van der Waals surface area (Å²) in [6.45, 7) is 0.472. The summed E-state index contributed by atoms with van der Waals surface area (Å²) in [6, 6.07) is 5.91. The van der Waals surface area contributed by atoms with Gasteiger partial charge >= 0.3 is 0 Å². The van der Waals surface area contributed by atoms with Crippen LogP contribution in [0.2, 0.25) is 0 Å². The first-order valence-corrected chi connectivity index (χ1v) is 10.8. The average Bonchev–Trinajstić information content (AvgIpc) is 3.09. The standard InChI is InChI=1S/C16H20FN3O3S2/c1-20-15(10-12-6-9-25(21,22)11-12)18-19-16(20)24-8-7-23-14-4-2-13(17)3-5-14/h2-5,12H,6-11H2,1H3. The van der Waals surface area contributed by atoms with Gasteiger partial charge in [0, 0.05) is 19.2 Å². The maximum atomic E-state index is 12.8. The Morgan fingerprint density at radius 1 is 1.32 bits per heavy atom. The summed E-state index contributed by atoms with van der Waals surface area (Å²) in [7, 11) is -0.980. The summed E-state index contributed by atoms with van der Waals surface area (Å²) in [5.41, 5.74) is 0. The number of thioether (sulfide) groups is 1. The summed E-state index contributed by atoms with van der Waals surface area (Å²) in [6.07, 6.45) is 1.33. The minimum atomic E-state index is -2.87. The first-order valence-electron chi connectivity index (χ1n) is 8.03. The second-order valence-corrected chi connectivity index (χ2v) is 9.37. The van der Waals surface area contributed by atoms with E-state index in [1.165, 1.54) is 23.9 Å². The Kier molecular flexibility index (Phi) is 5.63. The van der Waals surface area contributed by atoms with Gasteiger partial charge in [-0.1, -0.05) is 11.8 Å². The first-order chi connectivity index (χ1) is 11.9. The van der Waals surface area contributed by atoms with Crippen LogP contribution in [0, 0.1) is 11.7 Å². The van der Waals surface area contributed by atoms with E-state index in [-0.39, 0.29) is 23.2 Å². The van der Waals surface area contributed by atoms with Gasteiger partial charge in [-0.15, -0.1) is 10.2 Å². The monoisotopic (exact) mass is 385 g/mol. The molecule has 1 aromatic carbocycles. The molecule has 2 heterocycles. The molecule has 1 aliphatic heterocycles. The number of aromatic nitrogens is 3. The number of nitrogens with zero attached hydrogens (tertiary/aromatic N) is 3. The van der Waals surface area contributed by atoms with Crippen LogP contribution in [0.1, 0.15) is 12.2 Å². The fourth-order valence-electron chi connectivity index (χ4n) is 2.76. The summed E-state index contributed by atoms with van der Waals surface area (Å²) < 4.78 is 43.4. The van der Waals surface area contributed by atoms with Crippen LogP contribution in [0.25, 0.3) is 0 Å².